The maximum atomic E-state index is 12.9. The summed E-state index contributed by atoms with van der Waals surface area (Å²) in [5, 5.41) is 13.7. The minimum atomic E-state index is -4.99. The third-order valence-corrected chi connectivity index (χ3v) is 2.96. The van der Waals surface area contributed by atoms with Crippen LogP contribution >= 0.6 is 0 Å². The summed E-state index contributed by atoms with van der Waals surface area (Å²) in [4.78, 5) is 3.68. The molecule has 0 aliphatic rings. The Labute approximate surface area is 128 Å². The largest absolute Gasteiger partial charge is 0.416 e. The lowest BCUT2D eigenvalue weighted by Crippen LogP contribution is -2.12. The van der Waals surface area contributed by atoms with Gasteiger partial charge in [-0.25, -0.2) is 0 Å². The van der Waals surface area contributed by atoms with E-state index in [1.807, 2.05) is 0 Å². The zero-order valence-corrected chi connectivity index (χ0v) is 11.3. The maximum Gasteiger partial charge on any atom is 0.416 e. The summed E-state index contributed by atoms with van der Waals surface area (Å²) in [6.45, 7) is 0. The quantitative estimate of drug-likeness (QED) is 0.677. The van der Waals surface area contributed by atoms with Crippen LogP contribution in [0.5, 0.6) is 0 Å². The molecule has 0 saturated heterocycles. The molecule has 0 saturated carbocycles. The van der Waals surface area contributed by atoms with Gasteiger partial charge in [-0.1, -0.05) is 9.73 Å². The molecule has 0 amide bonds. The summed E-state index contributed by atoms with van der Waals surface area (Å²) < 4.78 is 78.0. The number of aromatic nitrogens is 6. The monoisotopic (exact) mass is 349 g/mol. The molecule has 1 aromatic carbocycles. The van der Waals surface area contributed by atoms with E-state index in [1.165, 1.54) is 0 Å². The second-order valence-electron chi connectivity index (χ2n) is 4.61. The van der Waals surface area contributed by atoms with Crippen LogP contribution in [0.4, 0.5) is 32.2 Å². The molecule has 0 aliphatic carbocycles. The number of anilines is 1. The minimum absolute atomic E-state index is 0.00265. The molecule has 3 aromatic rings. The maximum absolute atomic E-state index is 12.9. The second kappa shape index (κ2) is 5.01. The number of tetrazole rings is 1. The van der Waals surface area contributed by atoms with Gasteiger partial charge in [0.15, 0.2) is 5.82 Å². The highest BCUT2D eigenvalue weighted by molar-refractivity contribution is 5.71. The van der Waals surface area contributed by atoms with Crippen molar-refractivity contribution in [3.8, 4) is 11.3 Å². The van der Waals surface area contributed by atoms with Crippen LogP contribution in [0.25, 0.3) is 17.0 Å². The average molecular weight is 349 g/mol. The van der Waals surface area contributed by atoms with Gasteiger partial charge in [0.25, 0.3) is 5.78 Å². The zero-order valence-electron chi connectivity index (χ0n) is 11.3. The molecule has 13 heteroatoms. The van der Waals surface area contributed by atoms with Crippen LogP contribution in [-0.4, -0.2) is 30.2 Å². The van der Waals surface area contributed by atoms with Crippen LogP contribution < -0.4 is 5.73 Å². The van der Waals surface area contributed by atoms with Crippen molar-refractivity contribution in [2.75, 3.05) is 5.73 Å². The Morgan fingerprint density at radius 2 is 1.50 bits per heavy atom. The van der Waals surface area contributed by atoms with Gasteiger partial charge in [0, 0.05) is 5.56 Å². The Balaban J connectivity index is 2.27. The van der Waals surface area contributed by atoms with Gasteiger partial charge in [0.2, 0.25) is 0 Å². The molecule has 0 spiro atoms. The number of nitrogens with two attached hydrogens (primary N) is 1. The first-order valence-electron chi connectivity index (χ1n) is 6.07. The van der Waals surface area contributed by atoms with E-state index in [0.29, 0.717) is 12.1 Å². The molecule has 3 rings (SSSR count). The molecule has 0 aliphatic heterocycles. The average Bonchev–Trinajstić information content (AvgIpc) is 2.91. The van der Waals surface area contributed by atoms with Gasteiger partial charge in [-0.3, -0.25) is 0 Å². The van der Waals surface area contributed by atoms with E-state index < -0.39 is 40.6 Å². The number of alkyl halides is 6. The van der Waals surface area contributed by atoms with Crippen molar-refractivity contribution in [1.82, 2.24) is 30.2 Å². The first kappa shape index (κ1) is 15.9. The number of benzene rings is 1. The molecule has 0 unspecified atom stereocenters. The highest BCUT2D eigenvalue weighted by Crippen LogP contribution is 2.38. The Morgan fingerprint density at radius 1 is 0.917 bits per heavy atom. The Kier molecular flexibility index (Phi) is 3.31. The minimum Gasteiger partial charge on any atom is -0.382 e. The lowest BCUT2D eigenvalue weighted by atomic mass is 10.0. The van der Waals surface area contributed by atoms with Crippen molar-refractivity contribution in [3.05, 3.63) is 29.3 Å². The highest BCUT2D eigenvalue weighted by Gasteiger charge is 2.37. The number of rotatable bonds is 1. The van der Waals surface area contributed by atoms with Crippen LogP contribution in [0, 0.1) is 0 Å². The van der Waals surface area contributed by atoms with Gasteiger partial charge >= 0.3 is 12.4 Å². The van der Waals surface area contributed by atoms with Gasteiger partial charge in [-0.2, -0.15) is 31.3 Å². The molecule has 0 radical (unpaired) electrons. The summed E-state index contributed by atoms with van der Waals surface area (Å²) >= 11 is 0. The van der Waals surface area contributed by atoms with Crippen molar-refractivity contribution in [1.29, 1.82) is 0 Å². The van der Waals surface area contributed by atoms with Gasteiger partial charge in [-0.15, -0.1) is 5.10 Å². The fourth-order valence-electron chi connectivity index (χ4n) is 1.91. The number of hydrogen-bond donors (Lipinski definition) is 1. The smallest absolute Gasteiger partial charge is 0.382 e. The molecule has 7 nitrogen and oxygen atoms in total. The fourth-order valence-corrected chi connectivity index (χ4v) is 1.91. The van der Waals surface area contributed by atoms with Crippen LogP contribution in [0.3, 0.4) is 0 Å². The van der Waals surface area contributed by atoms with Crippen molar-refractivity contribution in [2.24, 2.45) is 0 Å². The van der Waals surface area contributed by atoms with E-state index in [0.717, 1.165) is 4.63 Å². The van der Waals surface area contributed by atoms with E-state index in [1.54, 1.807) is 0 Å². The first-order chi connectivity index (χ1) is 11.1. The molecule has 0 fully saturated rings. The van der Waals surface area contributed by atoms with Crippen molar-refractivity contribution < 1.29 is 26.3 Å². The van der Waals surface area contributed by atoms with E-state index in [4.69, 9.17) is 5.73 Å². The van der Waals surface area contributed by atoms with E-state index in [9.17, 15) is 26.3 Å². The summed E-state index contributed by atoms with van der Waals surface area (Å²) in [5.74, 6) is -0.566. The number of nitrogens with zero attached hydrogens (tertiary/aromatic N) is 6. The molecule has 2 aromatic heterocycles. The summed E-state index contributed by atoms with van der Waals surface area (Å²) in [5.41, 5.74) is 1.64. The second-order valence-corrected chi connectivity index (χ2v) is 4.61. The van der Waals surface area contributed by atoms with Crippen LogP contribution in [0.2, 0.25) is 0 Å². The van der Waals surface area contributed by atoms with E-state index >= 15 is 0 Å². The molecule has 2 heterocycles. The van der Waals surface area contributed by atoms with Crippen LogP contribution in [-0.2, 0) is 12.4 Å². The summed E-state index contributed by atoms with van der Waals surface area (Å²) in [6, 6.07) is 0.986. The fraction of sp³-hybridized carbons (Fsp3) is 0.182. The Hall–Kier alpha value is -2.99. The first-order valence-corrected chi connectivity index (χ1v) is 6.07. The summed E-state index contributed by atoms with van der Waals surface area (Å²) in [6.07, 6.45) is -9.98. The lowest BCUT2D eigenvalue weighted by Gasteiger charge is -2.14. The van der Waals surface area contributed by atoms with Gasteiger partial charge < -0.3 is 5.73 Å². The predicted octanol–water partition coefficient (Wildman–Crippen LogP) is 2.20. The van der Waals surface area contributed by atoms with Crippen LogP contribution in [0.15, 0.2) is 18.2 Å². The number of halogens is 6. The standard InChI is InChI=1S/C11H5F6N7/c12-10(13,14)5-1-4(2-6(3-5)11(15,16)17)7-8(18)19-9-20-22-23-24(9)21-7/h1-3H,(H2,18,19,20,23). The number of nitrogen functional groups attached to an aromatic ring is 1. The molecule has 24 heavy (non-hydrogen) atoms. The van der Waals surface area contributed by atoms with Crippen molar-refractivity contribution in [3.63, 3.8) is 0 Å². The molecule has 0 atom stereocenters. The third-order valence-electron chi connectivity index (χ3n) is 2.96. The molecule has 126 valence electrons. The summed E-state index contributed by atoms with van der Waals surface area (Å²) in [7, 11) is 0. The van der Waals surface area contributed by atoms with Crippen LogP contribution in [0.1, 0.15) is 11.1 Å². The molecule has 0 bridgehead atoms. The molecule has 2 N–H and O–H groups in total. The van der Waals surface area contributed by atoms with Gasteiger partial charge in [0.1, 0.15) is 5.69 Å². The topological polar surface area (TPSA) is 94.9 Å². The third kappa shape index (κ3) is 2.79. The molecular formula is C11H5F6N7. The van der Waals surface area contributed by atoms with Gasteiger partial charge in [-0.05, 0) is 28.6 Å². The number of hydrogen-bond acceptors (Lipinski definition) is 6. The van der Waals surface area contributed by atoms with E-state index in [2.05, 4.69) is 25.6 Å². The zero-order chi connectivity index (χ0) is 17.7. The highest BCUT2D eigenvalue weighted by atomic mass is 19.4. The van der Waals surface area contributed by atoms with Crippen molar-refractivity contribution >= 4 is 11.6 Å². The SMILES string of the molecule is Nc1nc2nnnn2nc1-c1cc(C(F)(F)F)cc(C(F)(F)F)c1. The Bertz CT molecular complexity index is 881. The number of fused-ring (bicyclic) bond motifs is 1. The normalized spacial score (nSPS) is 12.8. The Morgan fingerprint density at radius 3 is 2.04 bits per heavy atom. The predicted molar refractivity (Wildman–Crippen MR) is 66.2 cm³/mol. The van der Waals surface area contributed by atoms with Crippen molar-refractivity contribution in [2.45, 2.75) is 12.4 Å². The van der Waals surface area contributed by atoms with Gasteiger partial charge in [0.05, 0.1) is 11.1 Å². The van der Waals surface area contributed by atoms with E-state index in [-0.39, 0.29) is 11.8 Å². The lowest BCUT2D eigenvalue weighted by molar-refractivity contribution is -0.143. The molecular weight excluding hydrogens is 344 g/mol.